The minimum atomic E-state index is -2.69. The fourth-order valence-corrected chi connectivity index (χ4v) is 3.99. The predicted molar refractivity (Wildman–Crippen MR) is 88.1 cm³/mol. The van der Waals surface area contributed by atoms with E-state index in [4.69, 9.17) is 0 Å². The number of hydrogen-bond donors (Lipinski definition) is 1. The Morgan fingerprint density at radius 3 is 2.59 bits per heavy atom. The Morgan fingerprint density at radius 1 is 1.26 bits per heavy atom. The second-order valence-corrected chi connectivity index (χ2v) is 7.04. The zero-order chi connectivity index (χ0) is 19.9. The molecule has 4 nitrogen and oxygen atoms in total. The van der Waals surface area contributed by atoms with E-state index in [1.807, 2.05) is 0 Å². The molecule has 3 rings (SSSR count). The molecule has 144 valence electrons. The van der Waals surface area contributed by atoms with Crippen LogP contribution in [0.5, 0.6) is 0 Å². The predicted octanol–water partition coefficient (Wildman–Crippen LogP) is 3.91. The number of alkyl halides is 2. The summed E-state index contributed by atoms with van der Waals surface area (Å²) in [4.78, 5) is 26.6. The monoisotopic (exact) mass is 404 g/mol. The van der Waals surface area contributed by atoms with Crippen LogP contribution in [0.1, 0.15) is 22.8 Å². The number of thiophene rings is 1. The number of carbonyl (C=O) groups is 2. The van der Waals surface area contributed by atoms with Crippen LogP contribution < -0.4 is 5.32 Å². The quantitative estimate of drug-likeness (QED) is 0.477. The van der Waals surface area contributed by atoms with Crippen LogP contribution in [0.4, 0.5) is 27.6 Å². The fraction of sp³-hybridized carbons (Fsp3) is 0.294. The second-order valence-electron chi connectivity index (χ2n) is 6.10. The lowest BCUT2D eigenvalue weighted by molar-refractivity contribution is -0.135. The van der Waals surface area contributed by atoms with E-state index in [-0.39, 0.29) is 12.1 Å². The molecule has 10 heteroatoms. The summed E-state index contributed by atoms with van der Waals surface area (Å²) < 4.78 is 65.8. The summed E-state index contributed by atoms with van der Waals surface area (Å²) in [6.45, 7) is 0.111. The van der Waals surface area contributed by atoms with Crippen molar-refractivity contribution in [3.63, 3.8) is 0 Å². The van der Waals surface area contributed by atoms with Crippen molar-refractivity contribution in [3.8, 4) is 0 Å². The molecule has 2 aromatic rings. The summed E-state index contributed by atoms with van der Waals surface area (Å²) in [7, 11) is 1.45. The molecule has 2 atom stereocenters. The third kappa shape index (κ3) is 3.53. The molecule has 0 unspecified atom stereocenters. The van der Waals surface area contributed by atoms with Crippen LogP contribution >= 0.6 is 11.3 Å². The first-order chi connectivity index (χ1) is 12.7. The van der Waals surface area contributed by atoms with Gasteiger partial charge in [-0.05, 0) is 23.6 Å². The van der Waals surface area contributed by atoms with Gasteiger partial charge in [-0.25, -0.2) is 22.0 Å². The number of likely N-dealkylation sites (N-methyl/N-ethyl adjacent to an activating group) is 1. The van der Waals surface area contributed by atoms with Crippen molar-refractivity contribution < 1.29 is 31.5 Å². The summed E-state index contributed by atoms with van der Waals surface area (Å²) in [5, 5.41) is 3.33. The van der Waals surface area contributed by atoms with E-state index < -0.39 is 53.2 Å². The zero-order valence-corrected chi connectivity index (χ0v) is 14.6. The average molecular weight is 404 g/mol. The van der Waals surface area contributed by atoms with Crippen molar-refractivity contribution >= 4 is 28.8 Å². The first-order valence-electron chi connectivity index (χ1n) is 7.76. The Hall–Kier alpha value is -2.49. The molecule has 1 fully saturated rings. The molecule has 1 aromatic heterocycles. The SMILES string of the molecule is CN1C[C@H](c2cc(C(F)F)cs2)[C@@H](C(=O)Nc2ccc(F)c(F)c2F)C1=O. The lowest BCUT2D eigenvalue weighted by Crippen LogP contribution is -2.32. The molecule has 0 radical (unpaired) electrons. The molecule has 1 saturated heterocycles. The van der Waals surface area contributed by atoms with Crippen LogP contribution in [0.15, 0.2) is 23.6 Å². The van der Waals surface area contributed by atoms with E-state index in [1.54, 1.807) is 0 Å². The third-order valence-corrected chi connectivity index (χ3v) is 5.43. The molecule has 1 N–H and O–H groups in total. The standard InChI is InChI=1S/C17H13F5N2O2S/c1-24-5-8(11-4-7(6-27-11)15(21)22)12(17(24)26)16(25)23-10-3-2-9(18)13(19)14(10)20/h2-4,6,8,12,15H,5H2,1H3,(H,23,25)/t8-,12+/m1/s1. The Labute approximate surface area is 154 Å². The van der Waals surface area contributed by atoms with Gasteiger partial charge < -0.3 is 10.2 Å². The molecule has 0 spiro atoms. The summed E-state index contributed by atoms with van der Waals surface area (Å²) in [6, 6.07) is 2.71. The Balaban J connectivity index is 1.88. The summed E-state index contributed by atoms with van der Waals surface area (Å²) in [5.74, 6) is -8.27. The average Bonchev–Trinajstić information content (AvgIpc) is 3.21. The van der Waals surface area contributed by atoms with E-state index in [0.717, 1.165) is 17.4 Å². The van der Waals surface area contributed by atoms with E-state index >= 15 is 0 Å². The number of rotatable bonds is 4. The van der Waals surface area contributed by atoms with Gasteiger partial charge >= 0.3 is 0 Å². The van der Waals surface area contributed by atoms with Gasteiger partial charge in [-0.1, -0.05) is 0 Å². The molecular weight excluding hydrogens is 391 g/mol. The van der Waals surface area contributed by atoms with Crippen LogP contribution in [0, 0.1) is 23.4 Å². The molecule has 1 aromatic carbocycles. The van der Waals surface area contributed by atoms with Gasteiger partial charge in [0.25, 0.3) is 6.43 Å². The normalized spacial score (nSPS) is 19.8. The number of nitrogens with zero attached hydrogens (tertiary/aromatic N) is 1. The lowest BCUT2D eigenvalue weighted by Gasteiger charge is -2.16. The van der Waals surface area contributed by atoms with Crippen molar-refractivity contribution in [2.75, 3.05) is 18.9 Å². The van der Waals surface area contributed by atoms with Crippen LogP contribution in [0.3, 0.4) is 0 Å². The highest BCUT2D eigenvalue weighted by atomic mass is 32.1. The summed E-state index contributed by atoms with van der Waals surface area (Å²) in [6.07, 6.45) is -2.69. The van der Waals surface area contributed by atoms with Crippen LogP contribution in [-0.4, -0.2) is 30.3 Å². The van der Waals surface area contributed by atoms with Gasteiger partial charge in [0.2, 0.25) is 11.8 Å². The smallest absolute Gasteiger partial charge is 0.264 e. The maximum Gasteiger partial charge on any atom is 0.264 e. The van der Waals surface area contributed by atoms with Crippen molar-refractivity contribution in [3.05, 3.63) is 51.5 Å². The van der Waals surface area contributed by atoms with Crippen molar-refractivity contribution in [1.29, 1.82) is 0 Å². The minimum absolute atomic E-state index is 0.111. The van der Waals surface area contributed by atoms with Gasteiger partial charge in [-0.3, -0.25) is 9.59 Å². The number of hydrogen-bond acceptors (Lipinski definition) is 3. The highest BCUT2D eigenvalue weighted by Crippen LogP contribution is 2.39. The van der Waals surface area contributed by atoms with Crippen LogP contribution in [-0.2, 0) is 9.59 Å². The highest BCUT2D eigenvalue weighted by molar-refractivity contribution is 7.10. The topological polar surface area (TPSA) is 49.4 Å². The van der Waals surface area contributed by atoms with Crippen molar-refractivity contribution in [1.82, 2.24) is 4.90 Å². The second kappa shape index (κ2) is 7.26. The number of amides is 2. The van der Waals surface area contributed by atoms with Crippen molar-refractivity contribution in [2.24, 2.45) is 5.92 Å². The summed E-state index contributed by atoms with van der Waals surface area (Å²) in [5.41, 5.74) is -0.831. The summed E-state index contributed by atoms with van der Waals surface area (Å²) >= 11 is 0.992. The van der Waals surface area contributed by atoms with E-state index in [2.05, 4.69) is 5.32 Å². The van der Waals surface area contributed by atoms with Gasteiger partial charge in [-0.2, -0.15) is 0 Å². The van der Waals surface area contributed by atoms with Gasteiger partial charge in [-0.15, -0.1) is 11.3 Å². The number of benzene rings is 1. The van der Waals surface area contributed by atoms with Gasteiger partial charge in [0.15, 0.2) is 17.5 Å². The number of anilines is 1. The highest BCUT2D eigenvalue weighted by Gasteiger charge is 2.45. The molecular formula is C17H13F5N2O2S. The molecule has 0 saturated carbocycles. The Kier molecular flexibility index (Phi) is 5.18. The number of nitrogens with one attached hydrogen (secondary N) is 1. The van der Waals surface area contributed by atoms with Crippen LogP contribution in [0.2, 0.25) is 0 Å². The third-order valence-electron chi connectivity index (χ3n) is 4.35. The molecule has 2 heterocycles. The van der Waals surface area contributed by atoms with Crippen molar-refractivity contribution in [2.45, 2.75) is 12.3 Å². The van der Waals surface area contributed by atoms with E-state index in [0.29, 0.717) is 10.9 Å². The molecule has 0 aliphatic carbocycles. The first-order valence-corrected chi connectivity index (χ1v) is 8.64. The zero-order valence-electron chi connectivity index (χ0n) is 13.8. The Morgan fingerprint density at radius 2 is 1.96 bits per heavy atom. The molecule has 2 amide bonds. The fourth-order valence-electron chi connectivity index (χ4n) is 2.96. The van der Waals surface area contributed by atoms with Gasteiger partial charge in [0.05, 0.1) is 5.69 Å². The largest absolute Gasteiger partial charge is 0.344 e. The number of halogens is 5. The maximum atomic E-state index is 13.8. The maximum absolute atomic E-state index is 13.8. The number of likely N-dealkylation sites (tertiary alicyclic amines) is 1. The molecule has 1 aliphatic heterocycles. The first kappa shape index (κ1) is 19.3. The molecule has 1 aliphatic rings. The van der Waals surface area contributed by atoms with Crippen LogP contribution in [0.25, 0.3) is 0 Å². The Bertz CT molecular complexity index is 901. The molecule has 0 bridgehead atoms. The minimum Gasteiger partial charge on any atom is -0.344 e. The molecule has 27 heavy (non-hydrogen) atoms. The van der Waals surface area contributed by atoms with Gasteiger partial charge in [0, 0.05) is 30.0 Å². The lowest BCUT2D eigenvalue weighted by atomic mass is 9.92. The van der Waals surface area contributed by atoms with E-state index in [9.17, 15) is 31.5 Å². The van der Waals surface area contributed by atoms with E-state index in [1.165, 1.54) is 23.4 Å². The number of carbonyl (C=O) groups excluding carboxylic acids is 2. The van der Waals surface area contributed by atoms with Gasteiger partial charge in [0.1, 0.15) is 5.92 Å².